The standard InChI is InChI=1S/C13H17F4N3O3S/c1-2-10-11(14)12(19-8-18-10)23-9-3-5-20(7-9)24(21,22)6-4-13(15,16)17/h8-9H,2-7H2,1H3. The van der Waals surface area contributed by atoms with Crippen LogP contribution in [-0.2, 0) is 16.4 Å². The van der Waals surface area contributed by atoms with Gasteiger partial charge in [-0.2, -0.15) is 26.9 Å². The van der Waals surface area contributed by atoms with Gasteiger partial charge in [0.25, 0.3) is 5.88 Å². The molecule has 6 nitrogen and oxygen atoms in total. The Balaban J connectivity index is 1.98. The first-order chi connectivity index (χ1) is 11.1. The van der Waals surface area contributed by atoms with Gasteiger partial charge < -0.3 is 4.74 Å². The third-order valence-electron chi connectivity index (χ3n) is 3.59. The lowest BCUT2D eigenvalue weighted by Crippen LogP contribution is -2.34. The fourth-order valence-corrected chi connectivity index (χ4v) is 3.82. The van der Waals surface area contributed by atoms with Crippen molar-refractivity contribution in [1.29, 1.82) is 0 Å². The molecule has 0 amide bonds. The number of rotatable bonds is 6. The maximum atomic E-state index is 14.0. The smallest absolute Gasteiger partial charge is 0.390 e. The lowest BCUT2D eigenvalue weighted by molar-refractivity contribution is -0.130. The Bertz CT molecular complexity index is 682. The van der Waals surface area contributed by atoms with Crippen LogP contribution >= 0.6 is 0 Å². The van der Waals surface area contributed by atoms with E-state index in [2.05, 4.69) is 9.97 Å². The summed E-state index contributed by atoms with van der Waals surface area (Å²) in [4.78, 5) is 7.44. The first-order valence-electron chi connectivity index (χ1n) is 7.33. The van der Waals surface area contributed by atoms with E-state index in [1.165, 1.54) is 0 Å². The predicted molar refractivity (Wildman–Crippen MR) is 76.4 cm³/mol. The second-order valence-corrected chi connectivity index (χ2v) is 7.45. The van der Waals surface area contributed by atoms with E-state index >= 15 is 0 Å². The Morgan fingerprint density at radius 2 is 2.08 bits per heavy atom. The Hall–Kier alpha value is -1.49. The molecule has 11 heteroatoms. The summed E-state index contributed by atoms with van der Waals surface area (Å²) < 4.78 is 80.7. The minimum absolute atomic E-state index is 0.0260. The van der Waals surface area contributed by atoms with Gasteiger partial charge in [-0.1, -0.05) is 6.92 Å². The van der Waals surface area contributed by atoms with E-state index < -0.39 is 40.3 Å². The van der Waals surface area contributed by atoms with Crippen LogP contribution in [0.3, 0.4) is 0 Å². The van der Waals surface area contributed by atoms with Crippen molar-refractivity contribution in [2.45, 2.75) is 38.5 Å². The third kappa shape index (κ3) is 4.76. The fraction of sp³-hybridized carbons (Fsp3) is 0.692. The molecule has 2 heterocycles. The van der Waals surface area contributed by atoms with E-state index in [4.69, 9.17) is 4.74 Å². The molecule has 1 aliphatic heterocycles. The number of ether oxygens (including phenoxy) is 1. The zero-order valence-electron chi connectivity index (χ0n) is 12.9. The Morgan fingerprint density at radius 1 is 1.38 bits per heavy atom. The number of halogens is 4. The molecule has 0 spiro atoms. The van der Waals surface area contributed by atoms with E-state index in [0.717, 1.165) is 10.6 Å². The fourth-order valence-electron chi connectivity index (χ4n) is 2.29. The van der Waals surface area contributed by atoms with Crippen LogP contribution in [0.25, 0.3) is 0 Å². The molecule has 24 heavy (non-hydrogen) atoms. The molecule has 0 saturated carbocycles. The van der Waals surface area contributed by atoms with Crippen molar-refractivity contribution < 1.29 is 30.7 Å². The van der Waals surface area contributed by atoms with E-state index in [-0.39, 0.29) is 31.1 Å². The highest BCUT2D eigenvalue weighted by Crippen LogP contribution is 2.25. The predicted octanol–water partition coefficient (Wildman–Crippen LogP) is 1.91. The summed E-state index contributed by atoms with van der Waals surface area (Å²) in [7, 11) is -4.03. The molecule has 1 atom stereocenters. The molecule has 1 fully saturated rings. The lowest BCUT2D eigenvalue weighted by Gasteiger charge is -2.17. The Labute approximate surface area is 136 Å². The number of aromatic nitrogens is 2. The topological polar surface area (TPSA) is 72.4 Å². The van der Waals surface area contributed by atoms with Crippen LogP contribution in [0.4, 0.5) is 17.6 Å². The van der Waals surface area contributed by atoms with Gasteiger partial charge in [0.2, 0.25) is 15.8 Å². The maximum absolute atomic E-state index is 14.0. The van der Waals surface area contributed by atoms with Gasteiger partial charge in [-0.3, -0.25) is 0 Å². The molecular weight excluding hydrogens is 354 g/mol. The zero-order valence-corrected chi connectivity index (χ0v) is 13.7. The van der Waals surface area contributed by atoms with Crippen LogP contribution in [-0.4, -0.2) is 53.8 Å². The summed E-state index contributed by atoms with van der Waals surface area (Å²) in [5.74, 6) is -2.00. The number of aryl methyl sites for hydroxylation is 1. The van der Waals surface area contributed by atoms with Gasteiger partial charge in [-0.05, 0) is 12.8 Å². The second kappa shape index (κ2) is 7.18. The average Bonchev–Trinajstić information content (AvgIpc) is 2.96. The number of hydrogen-bond acceptors (Lipinski definition) is 5. The van der Waals surface area contributed by atoms with Gasteiger partial charge in [-0.15, -0.1) is 0 Å². The average molecular weight is 371 g/mol. The Kier molecular flexibility index (Phi) is 5.63. The molecule has 0 radical (unpaired) electrons. The molecule has 2 rings (SSSR count). The Morgan fingerprint density at radius 3 is 2.71 bits per heavy atom. The lowest BCUT2D eigenvalue weighted by atomic mass is 10.3. The zero-order chi connectivity index (χ0) is 18.0. The van der Waals surface area contributed by atoms with Crippen LogP contribution in [0.2, 0.25) is 0 Å². The van der Waals surface area contributed by atoms with E-state index in [1.54, 1.807) is 6.92 Å². The molecule has 136 valence electrons. The van der Waals surface area contributed by atoms with Gasteiger partial charge in [-0.25, -0.2) is 13.4 Å². The second-order valence-electron chi connectivity index (χ2n) is 5.36. The van der Waals surface area contributed by atoms with Crippen molar-refractivity contribution in [3.05, 3.63) is 17.8 Å². The van der Waals surface area contributed by atoms with Crippen molar-refractivity contribution >= 4 is 10.0 Å². The van der Waals surface area contributed by atoms with Gasteiger partial charge in [0, 0.05) is 6.54 Å². The third-order valence-corrected chi connectivity index (χ3v) is 5.43. The molecule has 0 aromatic carbocycles. The summed E-state index contributed by atoms with van der Waals surface area (Å²) in [6, 6.07) is 0. The van der Waals surface area contributed by atoms with Crippen molar-refractivity contribution in [3.63, 3.8) is 0 Å². The molecule has 0 bridgehead atoms. The summed E-state index contributed by atoms with van der Waals surface area (Å²) in [5.41, 5.74) is 0.174. The van der Waals surface area contributed by atoms with Crippen molar-refractivity contribution in [2.75, 3.05) is 18.8 Å². The summed E-state index contributed by atoms with van der Waals surface area (Å²) in [5, 5.41) is 0. The number of sulfonamides is 1. The normalized spacial score (nSPS) is 19.6. The number of alkyl halides is 3. The molecule has 0 aliphatic carbocycles. The summed E-state index contributed by atoms with van der Waals surface area (Å²) in [6.45, 7) is 1.60. The van der Waals surface area contributed by atoms with E-state index in [1.807, 2.05) is 0 Å². The molecule has 1 unspecified atom stereocenters. The summed E-state index contributed by atoms with van der Waals surface area (Å²) in [6.07, 6.45) is -4.88. The molecule has 1 aliphatic rings. The first-order valence-corrected chi connectivity index (χ1v) is 8.94. The highest BCUT2D eigenvalue weighted by molar-refractivity contribution is 7.89. The summed E-state index contributed by atoms with van der Waals surface area (Å²) >= 11 is 0. The van der Waals surface area contributed by atoms with Gasteiger partial charge in [0.05, 0.1) is 24.4 Å². The van der Waals surface area contributed by atoms with Gasteiger partial charge in [0.1, 0.15) is 12.4 Å². The highest BCUT2D eigenvalue weighted by atomic mass is 32.2. The van der Waals surface area contributed by atoms with E-state index in [9.17, 15) is 26.0 Å². The van der Waals surface area contributed by atoms with Gasteiger partial charge >= 0.3 is 6.18 Å². The maximum Gasteiger partial charge on any atom is 0.390 e. The minimum Gasteiger partial charge on any atom is -0.471 e. The van der Waals surface area contributed by atoms with Crippen LogP contribution in [0, 0.1) is 5.82 Å². The quantitative estimate of drug-likeness (QED) is 0.715. The first kappa shape index (κ1) is 18.8. The minimum atomic E-state index is -4.54. The van der Waals surface area contributed by atoms with Gasteiger partial charge in [0.15, 0.2) is 0 Å². The van der Waals surface area contributed by atoms with Crippen LogP contribution in [0.1, 0.15) is 25.5 Å². The number of nitrogens with zero attached hydrogens (tertiary/aromatic N) is 3. The van der Waals surface area contributed by atoms with Crippen molar-refractivity contribution in [1.82, 2.24) is 14.3 Å². The molecule has 1 aromatic rings. The van der Waals surface area contributed by atoms with Crippen LogP contribution in [0.5, 0.6) is 5.88 Å². The van der Waals surface area contributed by atoms with Crippen molar-refractivity contribution in [2.24, 2.45) is 0 Å². The van der Waals surface area contributed by atoms with E-state index in [0.29, 0.717) is 6.42 Å². The van der Waals surface area contributed by atoms with Crippen LogP contribution in [0.15, 0.2) is 6.33 Å². The number of hydrogen-bond donors (Lipinski definition) is 0. The monoisotopic (exact) mass is 371 g/mol. The molecular formula is C13H17F4N3O3S. The molecule has 0 N–H and O–H groups in total. The largest absolute Gasteiger partial charge is 0.471 e. The highest BCUT2D eigenvalue weighted by Gasteiger charge is 2.36. The molecule has 1 aromatic heterocycles. The van der Waals surface area contributed by atoms with Crippen LogP contribution < -0.4 is 4.74 Å². The SMILES string of the molecule is CCc1ncnc(OC2CCN(S(=O)(=O)CCC(F)(F)F)C2)c1F. The van der Waals surface area contributed by atoms with Crippen molar-refractivity contribution in [3.8, 4) is 5.88 Å². The molecule has 1 saturated heterocycles.